The maximum absolute atomic E-state index is 9.82. The summed E-state index contributed by atoms with van der Waals surface area (Å²) < 4.78 is 5.28. The highest BCUT2D eigenvalue weighted by Gasteiger charge is 2.15. The van der Waals surface area contributed by atoms with E-state index in [-0.39, 0.29) is 12.5 Å². The molecule has 3 heteroatoms. The van der Waals surface area contributed by atoms with E-state index in [9.17, 15) is 5.11 Å². The Morgan fingerprint density at radius 1 is 1.04 bits per heavy atom. The van der Waals surface area contributed by atoms with Gasteiger partial charge in [0.2, 0.25) is 0 Å². The summed E-state index contributed by atoms with van der Waals surface area (Å²) in [5.74, 6) is 1.11. The molecular formula is C20H27NO2. The van der Waals surface area contributed by atoms with Crippen LogP contribution in [-0.4, -0.2) is 43.4 Å². The summed E-state index contributed by atoms with van der Waals surface area (Å²) >= 11 is 0. The van der Waals surface area contributed by atoms with Crippen LogP contribution < -0.4 is 4.74 Å². The van der Waals surface area contributed by atoms with Gasteiger partial charge in [0, 0.05) is 12.5 Å². The monoisotopic (exact) mass is 313 g/mol. The van der Waals surface area contributed by atoms with E-state index in [0.29, 0.717) is 0 Å². The first-order valence-electron chi connectivity index (χ1n) is 8.71. The van der Waals surface area contributed by atoms with Gasteiger partial charge in [0.1, 0.15) is 5.75 Å². The molecule has 1 saturated heterocycles. The lowest BCUT2D eigenvalue weighted by Gasteiger charge is -2.28. The fourth-order valence-corrected chi connectivity index (χ4v) is 3.51. The van der Waals surface area contributed by atoms with Crippen LogP contribution >= 0.6 is 0 Å². The maximum Gasteiger partial charge on any atom is 0.119 e. The molecule has 0 saturated carbocycles. The lowest BCUT2D eigenvalue weighted by Crippen LogP contribution is -2.31. The van der Waals surface area contributed by atoms with E-state index in [1.54, 1.807) is 7.11 Å². The largest absolute Gasteiger partial charge is 0.497 e. The van der Waals surface area contributed by atoms with Gasteiger partial charge in [-0.3, -0.25) is 0 Å². The third kappa shape index (κ3) is 4.04. The lowest BCUT2D eigenvalue weighted by atomic mass is 9.93. The zero-order valence-corrected chi connectivity index (χ0v) is 14.0. The number of benzene rings is 2. The summed E-state index contributed by atoms with van der Waals surface area (Å²) in [6.45, 7) is 3.74. The SMILES string of the molecule is COc1ccc2cc(C(CO)CCN3CCCCC3)ccc2c1. The molecule has 0 aliphatic carbocycles. The second-order valence-electron chi connectivity index (χ2n) is 6.54. The van der Waals surface area contributed by atoms with Crippen molar-refractivity contribution < 1.29 is 9.84 Å². The Morgan fingerprint density at radius 2 is 1.78 bits per heavy atom. The van der Waals surface area contributed by atoms with E-state index in [1.807, 2.05) is 6.07 Å². The molecule has 1 atom stereocenters. The lowest BCUT2D eigenvalue weighted by molar-refractivity contribution is 0.200. The summed E-state index contributed by atoms with van der Waals surface area (Å²) in [5.41, 5.74) is 1.24. The smallest absolute Gasteiger partial charge is 0.119 e. The highest BCUT2D eigenvalue weighted by Crippen LogP contribution is 2.27. The molecule has 3 nitrogen and oxygen atoms in total. The molecule has 0 radical (unpaired) electrons. The number of hydrogen-bond acceptors (Lipinski definition) is 3. The van der Waals surface area contributed by atoms with Gasteiger partial charge in [-0.25, -0.2) is 0 Å². The zero-order chi connectivity index (χ0) is 16.1. The average molecular weight is 313 g/mol. The van der Waals surface area contributed by atoms with E-state index in [0.717, 1.165) is 18.7 Å². The van der Waals surface area contributed by atoms with Crippen LogP contribution in [0.15, 0.2) is 36.4 Å². The van der Waals surface area contributed by atoms with Crippen molar-refractivity contribution in [2.45, 2.75) is 31.6 Å². The highest BCUT2D eigenvalue weighted by molar-refractivity contribution is 5.84. The first-order valence-corrected chi connectivity index (χ1v) is 8.71. The fourth-order valence-electron chi connectivity index (χ4n) is 3.51. The number of rotatable bonds is 6. The van der Waals surface area contributed by atoms with Crippen LogP contribution in [0.2, 0.25) is 0 Å². The molecule has 0 spiro atoms. The van der Waals surface area contributed by atoms with Gasteiger partial charge in [-0.1, -0.05) is 30.7 Å². The Kier molecular flexibility index (Phi) is 5.52. The third-order valence-corrected chi connectivity index (χ3v) is 5.01. The second kappa shape index (κ2) is 7.80. The molecule has 23 heavy (non-hydrogen) atoms. The second-order valence-corrected chi connectivity index (χ2v) is 6.54. The zero-order valence-electron chi connectivity index (χ0n) is 14.0. The Labute approximate surface area is 138 Å². The molecule has 124 valence electrons. The van der Waals surface area contributed by atoms with Gasteiger partial charge < -0.3 is 14.7 Å². The predicted octanol–water partition coefficient (Wildman–Crippen LogP) is 3.80. The molecule has 0 aromatic heterocycles. The van der Waals surface area contributed by atoms with Crippen LogP contribution in [0.5, 0.6) is 5.75 Å². The minimum Gasteiger partial charge on any atom is -0.497 e. The van der Waals surface area contributed by atoms with E-state index in [1.165, 1.54) is 48.7 Å². The molecule has 1 fully saturated rings. The Bertz CT molecular complexity index is 635. The molecule has 1 aliphatic heterocycles. The predicted molar refractivity (Wildman–Crippen MR) is 95.2 cm³/mol. The minimum atomic E-state index is 0.218. The van der Waals surface area contributed by atoms with Gasteiger partial charge in [-0.2, -0.15) is 0 Å². The van der Waals surface area contributed by atoms with Crippen molar-refractivity contribution >= 4 is 10.8 Å². The fraction of sp³-hybridized carbons (Fsp3) is 0.500. The summed E-state index contributed by atoms with van der Waals surface area (Å²) in [7, 11) is 1.69. The standard InChI is InChI=1S/C20H27NO2/c1-23-20-8-7-16-13-17(5-6-18(16)14-20)19(15-22)9-12-21-10-3-2-4-11-21/h5-8,13-14,19,22H,2-4,9-12,15H2,1H3. The summed E-state index contributed by atoms with van der Waals surface area (Å²) in [6.07, 6.45) is 5.04. The van der Waals surface area contributed by atoms with Crippen LogP contribution in [0.4, 0.5) is 0 Å². The number of aliphatic hydroxyl groups excluding tert-OH is 1. The number of ether oxygens (including phenoxy) is 1. The molecule has 0 amide bonds. The number of aliphatic hydroxyl groups is 1. The van der Waals surface area contributed by atoms with Crippen molar-refractivity contribution in [3.8, 4) is 5.75 Å². The van der Waals surface area contributed by atoms with Gasteiger partial charge in [0.25, 0.3) is 0 Å². The summed E-state index contributed by atoms with van der Waals surface area (Å²) in [4.78, 5) is 2.54. The normalized spacial score (nSPS) is 17.3. The average Bonchev–Trinajstić information content (AvgIpc) is 2.62. The molecule has 1 heterocycles. The molecule has 2 aromatic rings. The van der Waals surface area contributed by atoms with Crippen molar-refractivity contribution in [1.82, 2.24) is 4.90 Å². The van der Waals surface area contributed by atoms with Crippen molar-refractivity contribution in [2.24, 2.45) is 0 Å². The van der Waals surface area contributed by atoms with Gasteiger partial charge in [0.05, 0.1) is 7.11 Å². The van der Waals surface area contributed by atoms with E-state index in [2.05, 4.69) is 35.2 Å². The van der Waals surface area contributed by atoms with Crippen LogP contribution in [0.1, 0.15) is 37.2 Å². The summed E-state index contributed by atoms with van der Waals surface area (Å²) in [6, 6.07) is 12.6. The number of methoxy groups -OCH3 is 1. The Morgan fingerprint density at radius 3 is 2.52 bits per heavy atom. The van der Waals surface area contributed by atoms with Crippen LogP contribution in [0.3, 0.4) is 0 Å². The van der Waals surface area contributed by atoms with Crippen LogP contribution in [0, 0.1) is 0 Å². The van der Waals surface area contributed by atoms with Gasteiger partial charge in [-0.15, -0.1) is 0 Å². The molecular weight excluding hydrogens is 286 g/mol. The van der Waals surface area contributed by atoms with Crippen molar-refractivity contribution in [1.29, 1.82) is 0 Å². The van der Waals surface area contributed by atoms with Crippen molar-refractivity contribution in [2.75, 3.05) is 33.4 Å². The van der Waals surface area contributed by atoms with Crippen LogP contribution in [-0.2, 0) is 0 Å². The molecule has 1 N–H and O–H groups in total. The van der Waals surface area contributed by atoms with Gasteiger partial charge in [0.15, 0.2) is 0 Å². The van der Waals surface area contributed by atoms with Crippen molar-refractivity contribution in [3.63, 3.8) is 0 Å². The Hall–Kier alpha value is -1.58. The number of likely N-dealkylation sites (tertiary alicyclic amines) is 1. The Balaban J connectivity index is 1.71. The van der Waals surface area contributed by atoms with Crippen molar-refractivity contribution in [3.05, 3.63) is 42.0 Å². The van der Waals surface area contributed by atoms with Crippen LogP contribution in [0.25, 0.3) is 10.8 Å². The molecule has 3 rings (SSSR count). The molecule has 0 bridgehead atoms. The maximum atomic E-state index is 9.82. The van der Waals surface area contributed by atoms with E-state index in [4.69, 9.17) is 4.74 Å². The molecule has 1 aliphatic rings. The number of fused-ring (bicyclic) bond motifs is 1. The number of nitrogens with zero attached hydrogens (tertiary/aromatic N) is 1. The van der Waals surface area contributed by atoms with E-state index < -0.39 is 0 Å². The third-order valence-electron chi connectivity index (χ3n) is 5.01. The number of piperidine rings is 1. The van der Waals surface area contributed by atoms with E-state index >= 15 is 0 Å². The minimum absolute atomic E-state index is 0.218. The molecule has 1 unspecified atom stereocenters. The van der Waals surface area contributed by atoms with Gasteiger partial charge in [-0.05, 0) is 67.4 Å². The topological polar surface area (TPSA) is 32.7 Å². The molecule has 2 aromatic carbocycles. The summed E-state index contributed by atoms with van der Waals surface area (Å²) in [5, 5.41) is 12.2. The quantitative estimate of drug-likeness (QED) is 0.880. The van der Waals surface area contributed by atoms with Gasteiger partial charge >= 0.3 is 0 Å². The first kappa shape index (κ1) is 16.3. The number of hydrogen-bond donors (Lipinski definition) is 1. The highest BCUT2D eigenvalue weighted by atomic mass is 16.5. The first-order chi connectivity index (χ1) is 11.3.